The average molecular weight is 372 g/mol. The molecule has 0 radical (unpaired) electrons. The zero-order chi connectivity index (χ0) is 17.9. The van der Waals surface area contributed by atoms with E-state index >= 15 is 0 Å². The number of thioether (sulfide) groups is 1. The minimum absolute atomic E-state index is 0.153. The molecule has 2 aromatic rings. The van der Waals surface area contributed by atoms with Gasteiger partial charge in [0.05, 0.1) is 25.0 Å². The Morgan fingerprint density at radius 2 is 1.96 bits per heavy atom. The fourth-order valence-electron chi connectivity index (χ4n) is 3.19. The number of hydrogen-bond donors (Lipinski definition) is 0. The molecule has 2 heterocycles. The smallest absolute Gasteiger partial charge is 0.236 e. The number of morpholine rings is 1. The van der Waals surface area contributed by atoms with Crippen LogP contribution >= 0.6 is 11.8 Å². The molecule has 1 unspecified atom stereocenters. The van der Waals surface area contributed by atoms with E-state index in [0.717, 1.165) is 17.5 Å². The van der Waals surface area contributed by atoms with Gasteiger partial charge in [-0.3, -0.25) is 4.79 Å². The molecule has 1 amide bonds. The first-order valence-corrected chi connectivity index (χ1v) is 10.1. The van der Waals surface area contributed by atoms with Crippen molar-refractivity contribution >= 4 is 17.7 Å². The van der Waals surface area contributed by atoms with Crippen LogP contribution in [-0.2, 0) is 16.1 Å². The molecule has 6 nitrogen and oxygen atoms in total. The lowest BCUT2D eigenvalue weighted by atomic mass is 10.2. The van der Waals surface area contributed by atoms with Gasteiger partial charge in [0.1, 0.15) is 5.82 Å². The summed E-state index contributed by atoms with van der Waals surface area (Å²) < 4.78 is 7.54. The topological polar surface area (TPSA) is 60.2 Å². The summed E-state index contributed by atoms with van der Waals surface area (Å²) in [6.45, 7) is 5.31. The molecule has 138 valence electrons. The van der Waals surface area contributed by atoms with E-state index in [4.69, 9.17) is 4.74 Å². The second-order valence-electron chi connectivity index (χ2n) is 6.88. The molecule has 0 spiro atoms. The van der Waals surface area contributed by atoms with Gasteiger partial charge in [-0.05, 0) is 25.3 Å². The second kappa shape index (κ2) is 7.80. The number of carbonyl (C=O) groups excluding carboxylic acids is 1. The zero-order valence-corrected chi connectivity index (χ0v) is 15.8. The fourth-order valence-corrected chi connectivity index (χ4v) is 4.13. The third kappa shape index (κ3) is 3.94. The Balaban J connectivity index is 1.51. The Morgan fingerprint density at radius 1 is 1.23 bits per heavy atom. The van der Waals surface area contributed by atoms with Gasteiger partial charge in [0.25, 0.3) is 0 Å². The van der Waals surface area contributed by atoms with Crippen molar-refractivity contribution in [1.82, 2.24) is 19.7 Å². The first-order chi connectivity index (χ1) is 12.7. The predicted molar refractivity (Wildman–Crippen MR) is 100 cm³/mol. The van der Waals surface area contributed by atoms with Crippen LogP contribution in [0.5, 0.6) is 0 Å². The molecule has 1 aliphatic carbocycles. The molecule has 0 bridgehead atoms. The summed E-state index contributed by atoms with van der Waals surface area (Å²) in [4.78, 5) is 14.6. The van der Waals surface area contributed by atoms with Crippen molar-refractivity contribution in [1.29, 1.82) is 0 Å². The number of benzene rings is 1. The largest absolute Gasteiger partial charge is 0.378 e. The molecule has 1 aromatic heterocycles. The summed E-state index contributed by atoms with van der Waals surface area (Å²) in [6.07, 6.45) is 2.36. The number of hydrogen-bond acceptors (Lipinski definition) is 5. The summed E-state index contributed by atoms with van der Waals surface area (Å²) in [5, 5.41) is 9.52. The van der Waals surface area contributed by atoms with Crippen LogP contribution in [0.4, 0.5) is 0 Å². The Kier molecular flexibility index (Phi) is 5.26. The van der Waals surface area contributed by atoms with Crippen LogP contribution in [-0.4, -0.2) is 57.1 Å². The van der Waals surface area contributed by atoms with Gasteiger partial charge in [0.15, 0.2) is 5.16 Å². The zero-order valence-electron chi connectivity index (χ0n) is 15.0. The Morgan fingerprint density at radius 3 is 2.65 bits per heavy atom. The van der Waals surface area contributed by atoms with Gasteiger partial charge in [0.2, 0.25) is 5.91 Å². The lowest BCUT2D eigenvalue weighted by Crippen LogP contribution is -2.44. The number of carbonyl (C=O) groups is 1. The maximum absolute atomic E-state index is 12.7. The Bertz CT molecular complexity index is 754. The van der Waals surface area contributed by atoms with E-state index in [9.17, 15) is 4.79 Å². The minimum Gasteiger partial charge on any atom is -0.378 e. The van der Waals surface area contributed by atoms with Gasteiger partial charge < -0.3 is 14.2 Å². The molecule has 26 heavy (non-hydrogen) atoms. The highest BCUT2D eigenvalue weighted by Crippen LogP contribution is 2.40. The van der Waals surface area contributed by atoms with Crippen LogP contribution in [0.2, 0.25) is 0 Å². The molecule has 1 saturated heterocycles. The van der Waals surface area contributed by atoms with E-state index in [-0.39, 0.29) is 11.2 Å². The van der Waals surface area contributed by atoms with E-state index in [2.05, 4.69) is 26.9 Å². The number of rotatable bonds is 6. The first-order valence-electron chi connectivity index (χ1n) is 9.22. The first kappa shape index (κ1) is 17.5. The van der Waals surface area contributed by atoms with Crippen LogP contribution in [0.3, 0.4) is 0 Å². The van der Waals surface area contributed by atoms with Crippen molar-refractivity contribution in [3.8, 4) is 0 Å². The summed E-state index contributed by atoms with van der Waals surface area (Å²) in [6, 6.07) is 10.4. The van der Waals surface area contributed by atoms with Gasteiger partial charge in [-0.25, -0.2) is 0 Å². The van der Waals surface area contributed by atoms with E-state index in [1.165, 1.54) is 30.2 Å². The lowest BCUT2D eigenvalue weighted by Gasteiger charge is -2.28. The molecule has 1 atom stereocenters. The molecule has 1 aliphatic heterocycles. The van der Waals surface area contributed by atoms with Crippen LogP contribution < -0.4 is 0 Å². The van der Waals surface area contributed by atoms with Crippen LogP contribution in [0.25, 0.3) is 0 Å². The maximum atomic E-state index is 12.7. The van der Waals surface area contributed by atoms with Gasteiger partial charge in [0, 0.05) is 19.0 Å². The Labute approximate surface area is 157 Å². The van der Waals surface area contributed by atoms with Gasteiger partial charge in [-0.15, -0.1) is 10.2 Å². The summed E-state index contributed by atoms with van der Waals surface area (Å²) in [5.41, 5.74) is 1.23. The van der Waals surface area contributed by atoms with Crippen molar-refractivity contribution in [3.63, 3.8) is 0 Å². The maximum Gasteiger partial charge on any atom is 0.236 e. The minimum atomic E-state index is -0.182. The summed E-state index contributed by atoms with van der Waals surface area (Å²) in [7, 11) is 0. The normalized spacial score (nSPS) is 18.7. The van der Waals surface area contributed by atoms with Crippen molar-refractivity contribution in [3.05, 3.63) is 41.7 Å². The SMILES string of the molecule is CC(Sc1nnc(C2CC2)n1Cc1ccccc1)C(=O)N1CCOCC1. The van der Waals surface area contributed by atoms with Crippen LogP contribution in [0.1, 0.15) is 37.1 Å². The van der Waals surface area contributed by atoms with Gasteiger partial charge in [-0.2, -0.15) is 0 Å². The van der Waals surface area contributed by atoms with E-state index in [1.54, 1.807) is 0 Å². The quantitative estimate of drug-likeness (QED) is 0.730. The van der Waals surface area contributed by atoms with Gasteiger partial charge >= 0.3 is 0 Å². The highest BCUT2D eigenvalue weighted by Gasteiger charge is 2.32. The predicted octanol–water partition coefficient (Wildman–Crippen LogP) is 2.54. The fraction of sp³-hybridized carbons (Fsp3) is 0.526. The molecular formula is C19H24N4O2S. The van der Waals surface area contributed by atoms with Crippen molar-refractivity contribution in [2.75, 3.05) is 26.3 Å². The van der Waals surface area contributed by atoms with E-state index < -0.39 is 0 Å². The van der Waals surface area contributed by atoms with Crippen molar-refractivity contribution in [2.45, 2.75) is 42.6 Å². The molecule has 4 rings (SSSR count). The molecule has 2 aliphatic rings. The highest BCUT2D eigenvalue weighted by molar-refractivity contribution is 8.00. The molecule has 0 N–H and O–H groups in total. The standard InChI is InChI=1S/C19H24N4O2S/c1-14(18(24)22-9-11-25-12-10-22)26-19-21-20-17(16-7-8-16)23(19)13-15-5-3-2-4-6-15/h2-6,14,16H,7-13H2,1H3. The molecule has 2 fully saturated rings. The molecule has 1 saturated carbocycles. The number of aromatic nitrogens is 3. The number of ether oxygens (including phenoxy) is 1. The van der Waals surface area contributed by atoms with Crippen molar-refractivity contribution < 1.29 is 9.53 Å². The van der Waals surface area contributed by atoms with E-state index in [0.29, 0.717) is 32.2 Å². The third-order valence-electron chi connectivity index (χ3n) is 4.82. The molecule has 7 heteroatoms. The van der Waals surface area contributed by atoms with E-state index in [1.807, 2.05) is 30.0 Å². The van der Waals surface area contributed by atoms with Gasteiger partial charge in [-0.1, -0.05) is 42.1 Å². The second-order valence-corrected chi connectivity index (χ2v) is 8.19. The monoisotopic (exact) mass is 372 g/mol. The van der Waals surface area contributed by atoms with Crippen LogP contribution in [0, 0.1) is 0 Å². The van der Waals surface area contributed by atoms with Crippen LogP contribution in [0.15, 0.2) is 35.5 Å². The third-order valence-corrected chi connectivity index (χ3v) is 5.89. The number of amides is 1. The summed E-state index contributed by atoms with van der Waals surface area (Å²) in [5.74, 6) is 1.73. The van der Waals surface area contributed by atoms with Crippen molar-refractivity contribution in [2.24, 2.45) is 0 Å². The average Bonchev–Trinajstić information content (AvgIpc) is 3.46. The Hall–Kier alpha value is -1.86. The molecular weight excluding hydrogens is 348 g/mol. The summed E-state index contributed by atoms with van der Waals surface area (Å²) >= 11 is 1.51. The lowest BCUT2D eigenvalue weighted by molar-refractivity contribution is -0.134. The number of nitrogens with zero attached hydrogens (tertiary/aromatic N) is 4. The highest BCUT2D eigenvalue weighted by atomic mass is 32.2. The molecule has 1 aromatic carbocycles.